The van der Waals surface area contributed by atoms with E-state index < -0.39 is 0 Å². The normalized spacial score (nSPS) is 11.8. The average molecular weight is 203 g/mol. The molecule has 1 heteroatoms. The Labute approximate surface area is 93.4 Å². The highest BCUT2D eigenvalue weighted by Gasteiger charge is 1.98. The number of rotatable bonds is 5. The molecular formula is C14H21N. The average Bonchev–Trinajstić information content (AvgIpc) is 2.18. The maximum Gasteiger partial charge on any atom is 0.0163 e. The van der Waals surface area contributed by atoms with Crippen molar-refractivity contribution in [1.82, 2.24) is 4.90 Å². The molecule has 1 aromatic carbocycles. The lowest BCUT2D eigenvalue weighted by Gasteiger charge is -2.16. The van der Waals surface area contributed by atoms with Crippen LogP contribution in [-0.4, -0.2) is 25.0 Å². The Bertz CT molecular complexity index is 287. The van der Waals surface area contributed by atoms with Crippen molar-refractivity contribution in [2.45, 2.75) is 13.8 Å². The van der Waals surface area contributed by atoms with E-state index in [0.717, 1.165) is 19.0 Å². The van der Waals surface area contributed by atoms with E-state index in [2.05, 4.69) is 62.2 Å². The van der Waals surface area contributed by atoms with Crippen LogP contribution >= 0.6 is 0 Å². The van der Waals surface area contributed by atoms with E-state index in [1.54, 1.807) is 0 Å². The molecule has 0 saturated heterocycles. The number of nitrogens with zero attached hydrogens (tertiary/aromatic N) is 1. The summed E-state index contributed by atoms with van der Waals surface area (Å²) in [4.78, 5) is 2.34. The summed E-state index contributed by atoms with van der Waals surface area (Å²) in [6.45, 7) is 6.67. The van der Waals surface area contributed by atoms with E-state index in [1.807, 2.05) is 6.07 Å². The van der Waals surface area contributed by atoms with Gasteiger partial charge in [0, 0.05) is 13.1 Å². The van der Waals surface area contributed by atoms with E-state index in [0.29, 0.717) is 0 Å². The highest BCUT2D eigenvalue weighted by molar-refractivity contribution is 5.48. The maximum absolute atomic E-state index is 2.34. The van der Waals surface area contributed by atoms with Crippen molar-refractivity contribution in [2.75, 3.05) is 20.1 Å². The van der Waals surface area contributed by atoms with Crippen molar-refractivity contribution in [1.29, 1.82) is 0 Å². The molecule has 1 rings (SSSR count). The smallest absolute Gasteiger partial charge is 0.0163 e. The van der Waals surface area contributed by atoms with E-state index in [9.17, 15) is 0 Å². The fourth-order valence-corrected chi connectivity index (χ4v) is 1.63. The molecule has 0 aliphatic rings. The molecule has 0 heterocycles. The summed E-state index contributed by atoms with van der Waals surface area (Å²) in [6, 6.07) is 10.4. The zero-order chi connectivity index (χ0) is 11.1. The lowest BCUT2D eigenvalue weighted by Crippen LogP contribution is -2.23. The van der Waals surface area contributed by atoms with Crippen LogP contribution < -0.4 is 0 Å². The van der Waals surface area contributed by atoms with Gasteiger partial charge in [-0.2, -0.15) is 0 Å². The van der Waals surface area contributed by atoms with Gasteiger partial charge in [0.15, 0.2) is 0 Å². The monoisotopic (exact) mass is 203 g/mol. The third kappa shape index (κ3) is 5.38. The molecule has 1 aromatic rings. The summed E-state index contributed by atoms with van der Waals surface area (Å²) < 4.78 is 0. The molecule has 0 bridgehead atoms. The van der Waals surface area contributed by atoms with Gasteiger partial charge in [-0.25, -0.2) is 0 Å². The molecule has 0 aromatic heterocycles. The highest BCUT2D eigenvalue weighted by atomic mass is 15.1. The van der Waals surface area contributed by atoms with E-state index in [1.165, 1.54) is 5.56 Å². The summed E-state index contributed by atoms with van der Waals surface area (Å²) in [5, 5.41) is 0. The zero-order valence-corrected chi connectivity index (χ0v) is 9.98. The third-order valence-corrected chi connectivity index (χ3v) is 2.20. The van der Waals surface area contributed by atoms with Crippen LogP contribution in [0.2, 0.25) is 0 Å². The maximum atomic E-state index is 2.34. The SMILES string of the molecule is CC(C)CN(C)C/C=C/c1ccccc1. The van der Waals surface area contributed by atoms with Crippen LogP contribution in [0.1, 0.15) is 19.4 Å². The second kappa shape index (κ2) is 6.41. The van der Waals surface area contributed by atoms with Crippen molar-refractivity contribution >= 4 is 6.08 Å². The van der Waals surface area contributed by atoms with E-state index in [-0.39, 0.29) is 0 Å². The molecule has 1 nitrogen and oxygen atoms in total. The number of hydrogen-bond acceptors (Lipinski definition) is 1. The molecule has 0 fully saturated rings. The molecule has 82 valence electrons. The molecule has 0 amide bonds. The number of benzene rings is 1. The number of hydrogen-bond donors (Lipinski definition) is 0. The Morgan fingerprint density at radius 3 is 2.47 bits per heavy atom. The molecule has 15 heavy (non-hydrogen) atoms. The Hall–Kier alpha value is -1.08. The predicted octanol–water partition coefficient (Wildman–Crippen LogP) is 3.29. The van der Waals surface area contributed by atoms with E-state index >= 15 is 0 Å². The Morgan fingerprint density at radius 2 is 1.87 bits per heavy atom. The fourth-order valence-electron chi connectivity index (χ4n) is 1.63. The van der Waals surface area contributed by atoms with Gasteiger partial charge in [0.1, 0.15) is 0 Å². The summed E-state index contributed by atoms with van der Waals surface area (Å²) in [6.07, 6.45) is 4.40. The van der Waals surface area contributed by atoms with Crippen molar-refractivity contribution in [3.8, 4) is 0 Å². The first-order chi connectivity index (χ1) is 7.18. The summed E-state index contributed by atoms with van der Waals surface area (Å²) in [5.41, 5.74) is 1.27. The predicted molar refractivity (Wildman–Crippen MR) is 67.8 cm³/mol. The minimum Gasteiger partial charge on any atom is -0.302 e. The van der Waals surface area contributed by atoms with Gasteiger partial charge >= 0.3 is 0 Å². The summed E-state index contributed by atoms with van der Waals surface area (Å²) in [7, 11) is 2.16. The first-order valence-corrected chi connectivity index (χ1v) is 5.58. The van der Waals surface area contributed by atoms with Gasteiger partial charge in [0.05, 0.1) is 0 Å². The first-order valence-electron chi connectivity index (χ1n) is 5.58. The Morgan fingerprint density at radius 1 is 1.20 bits per heavy atom. The van der Waals surface area contributed by atoms with Crippen LogP contribution in [0.5, 0.6) is 0 Å². The molecule has 0 spiro atoms. The quantitative estimate of drug-likeness (QED) is 0.710. The molecule has 0 unspecified atom stereocenters. The largest absolute Gasteiger partial charge is 0.302 e. The molecule has 0 atom stereocenters. The Balaban J connectivity index is 2.34. The first kappa shape index (κ1) is 12.0. The molecule has 0 saturated carbocycles. The minimum atomic E-state index is 0.736. The highest BCUT2D eigenvalue weighted by Crippen LogP contribution is 2.01. The van der Waals surface area contributed by atoms with Crippen LogP contribution in [0, 0.1) is 5.92 Å². The molecule has 0 radical (unpaired) electrons. The van der Waals surface area contributed by atoms with Gasteiger partial charge < -0.3 is 4.90 Å². The second-order valence-electron chi connectivity index (χ2n) is 4.43. The van der Waals surface area contributed by atoms with Crippen LogP contribution in [0.15, 0.2) is 36.4 Å². The lowest BCUT2D eigenvalue weighted by molar-refractivity contribution is 0.324. The number of likely N-dealkylation sites (N-methyl/N-ethyl adjacent to an activating group) is 1. The third-order valence-electron chi connectivity index (χ3n) is 2.20. The van der Waals surface area contributed by atoms with Crippen molar-refractivity contribution < 1.29 is 0 Å². The topological polar surface area (TPSA) is 3.24 Å². The molecule has 0 aliphatic heterocycles. The zero-order valence-electron chi connectivity index (χ0n) is 9.98. The van der Waals surface area contributed by atoms with E-state index in [4.69, 9.17) is 0 Å². The van der Waals surface area contributed by atoms with Gasteiger partial charge in [-0.05, 0) is 18.5 Å². The Kier molecular flexibility index (Phi) is 5.13. The molecular weight excluding hydrogens is 182 g/mol. The molecule has 0 aliphatic carbocycles. The summed E-state index contributed by atoms with van der Waals surface area (Å²) in [5.74, 6) is 0.736. The van der Waals surface area contributed by atoms with Gasteiger partial charge in [0.2, 0.25) is 0 Å². The fraction of sp³-hybridized carbons (Fsp3) is 0.429. The standard InChI is InChI=1S/C14H21N/c1-13(2)12-15(3)11-7-10-14-8-5-4-6-9-14/h4-10,13H,11-12H2,1-3H3/b10-7+. The lowest BCUT2D eigenvalue weighted by atomic mass is 10.2. The van der Waals surface area contributed by atoms with Gasteiger partial charge in [-0.1, -0.05) is 56.3 Å². The van der Waals surface area contributed by atoms with Gasteiger partial charge in [-0.15, -0.1) is 0 Å². The molecule has 0 N–H and O–H groups in total. The second-order valence-corrected chi connectivity index (χ2v) is 4.43. The van der Waals surface area contributed by atoms with Crippen LogP contribution in [0.4, 0.5) is 0 Å². The van der Waals surface area contributed by atoms with Crippen molar-refractivity contribution in [2.24, 2.45) is 5.92 Å². The van der Waals surface area contributed by atoms with Gasteiger partial charge in [0.25, 0.3) is 0 Å². The van der Waals surface area contributed by atoms with Crippen molar-refractivity contribution in [3.63, 3.8) is 0 Å². The summed E-state index contributed by atoms with van der Waals surface area (Å²) >= 11 is 0. The van der Waals surface area contributed by atoms with Crippen LogP contribution in [-0.2, 0) is 0 Å². The minimum absolute atomic E-state index is 0.736. The van der Waals surface area contributed by atoms with Crippen LogP contribution in [0.3, 0.4) is 0 Å². The van der Waals surface area contributed by atoms with Crippen LogP contribution in [0.25, 0.3) is 6.08 Å². The van der Waals surface area contributed by atoms with Gasteiger partial charge in [-0.3, -0.25) is 0 Å². The van der Waals surface area contributed by atoms with Crippen molar-refractivity contribution in [3.05, 3.63) is 42.0 Å².